The summed E-state index contributed by atoms with van der Waals surface area (Å²) in [6, 6.07) is 9.14. The molecule has 0 bridgehead atoms. The summed E-state index contributed by atoms with van der Waals surface area (Å²) in [6.45, 7) is 5.34. The Morgan fingerprint density at radius 1 is 1.16 bits per heavy atom. The van der Waals surface area contributed by atoms with E-state index in [-0.39, 0.29) is 21.5 Å². The van der Waals surface area contributed by atoms with E-state index in [0.29, 0.717) is 5.69 Å². The van der Waals surface area contributed by atoms with E-state index in [1.807, 2.05) is 13.0 Å². The molecule has 0 fully saturated rings. The normalized spacial score (nSPS) is 11.6. The van der Waals surface area contributed by atoms with Crippen molar-refractivity contribution in [2.75, 3.05) is 5.32 Å². The van der Waals surface area contributed by atoms with Crippen molar-refractivity contribution in [1.82, 2.24) is 4.72 Å². The van der Waals surface area contributed by atoms with Crippen LogP contribution in [0.3, 0.4) is 0 Å². The predicted octanol–water partition coefficient (Wildman–Crippen LogP) is 4.35. The van der Waals surface area contributed by atoms with Gasteiger partial charge in [0.2, 0.25) is 10.0 Å². The molecule has 0 aliphatic heterocycles. The SMILES string of the molecule is Cc1cc(NC(=O)c2cc(S(=O)(=O)NC(C)C)ccc2Cl)ccc1Br. The van der Waals surface area contributed by atoms with Gasteiger partial charge in [-0.2, -0.15) is 0 Å². The number of sulfonamides is 1. The van der Waals surface area contributed by atoms with E-state index < -0.39 is 15.9 Å². The Hall–Kier alpha value is -1.41. The Morgan fingerprint density at radius 2 is 1.84 bits per heavy atom. The number of hydrogen-bond acceptors (Lipinski definition) is 3. The summed E-state index contributed by atoms with van der Waals surface area (Å²) in [6.07, 6.45) is 0. The molecule has 0 heterocycles. The Bertz CT molecular complexity index is 914. The fourth-order valence-electron chi connectivity index (χ4n) is 2.14. The molecule has 5 nitrogen and oxygen atoms in total. The number of anilines is 1. The van der Waals surface area contributed by atoms with Crippen LogP contribution in [0.4, 0.5) is 5.69 Å². The van der Waals surface area contributed by atoms with Gasteiger partial charge in [-0.05, 0) is 62.7 Å². The molecule has 25 heavy (non-hydrogen) atoms. The van der Waals surface area contributed by atoms with Crippen LogP contribution in [0.5, 0.6) is 0 Å². The van der Waals surface area contributed by atoms with Crippen LogP contribution in [-0.2, 0) is 10.0 Å². The number of carbonyl (C=O) groups excluding carboxylic acids is 1. The van der Waals surface area contributed by atoms with Crippen molar-refractivity contribution < 1.29 is 13.2 Å². The molecular weight excluding hydrogens is 428 g/mol. The second-order valence-electron chi connectivity index (χ2n) is 5.84. The minimum Gasteiger partial charge on any atom is -0.322 e. The second-order valence-corrected chi connectivity index (χ2v) is 8.81. The van der Waals surface area contributed by atoms with Gasteiger partial charge in [-0.1, -0.05) is 27.5 Å². The molecule has 0 aromatic heterocycles. The van der Waals surface area contributed by atoms with E-state index in [2.05, 4.69) is 26.0 Å². The lowest BCUT2D eigenvalue weighted by atomic mass is 10.2. The summed E-state index contributed by atoms with van der Waals surface area (Å²) < 4.78 is 28.0. The lowest BCUT2D eigenvalue weighted by molar-refractivity contribution is 0.102. The van der Waals surface area contributed by atoms with E-state index in [0.717, 1.165) is 10.0 Å². The monoisotopic (exact) mass is 444 g/mol. The number of aryl methyl sites for hydroxylation is 1. The number of nitrogens with one attached hydrogen (secondary N) is 2. The number of halogens is 2. The van der Waals surface area contributed by atoms with Gasteiger partial charge in [-0.3, -0.25) is 4.79 Å². The third-order valence-corrected chi connectivity index (χ3v) is 6.17. The first-order valence-electron chi connectivity index (χ1n) is 7.49. The zero-order chi connectivity index (χ0) is 18.8. The van der Waals surface area contributed by atoms with Crippen LogP contribution < -0.4 is 10.0 Å². The quantitative estimate of drug-likeness (QED) is 0.718. The van der Waals surface area contributed by atoms with Crippen molar-refractivity contribution in [3.63, 3.8) is 0 Å². The zero-order valence-corrected chi connectivity index (χ0v) is 17.1. The van der Waals surface area contributed by atoms with Crippen LogP contribution in [0.25, 0.3) is 0 Å². The summed E-state index contributed by atoms with van der Waals surface area (Å²) in [5, 5.41) is 2.90. The number of amides is 1. The number of carbonyl (C=O) groups is 1. The maximum absolute atomic E-state index is 12.5. The fourth-order valence-corrected chi connectivity index (χ4v) is 3.87. The Balaban J connectivity index is 2.33. The molecule has 2 aromatic rings. The molecule has 0 saturated carbocycles. The van der Waals surface area contributed by atoms with Crippen molar-refractivity contribution in [2.45, 2.75) is 31.7 Å². The van der Waals surface area contributed by atoms with Crippen molar-refractivity contribution >= 4 is 49.1 Å². The van der Waals surface area contributed by atoms with E-state index >= 15 is 0 Å². The molecule has 0 spiro atoms. The van der Waals surface area contributed by atoms with Gasteiger partial charge < -0.3 is 5.32 Å². The zero-order valence-electron chi connectivity index (χ0n) is 13.9. The van der Waals surface area contributed by atoms with E-state index in [1.165, 1.54) is 18.2 Å². The first-order chi connectivity index (χ1) is 11.6. The van der Waals surface area contributed by atoms with Gasteiger partial charge in [-0.25, -0.2) is 13.1 Å². The number of rotatable bonds is 5. The third-order valence-electron chi connectivity index (χ3n) is 3.30. The van der Waals surface area contributed by atoms with Crippen molar-refractivity contribution in [2.24, 2.45) is 0 Å². The van der Waals surface area contributed by atoms with Gasteiger partial charge >= 0.3 is 0 Å². The minimum atomic E-state index is -3.71. The van der Waals surface area contributed by atoms with E-state index in [4.69, 9.17) is 11.6 Å². The second kappa shape index (κ2) is 7.86. The molecule has 0 aliphatic rings. The molecule has 0 aliphatic carbocycles. The molecule has 0 unspecified atom stereocenters. The molecule has 2 rings (SSSR count). The standard InChI is InChI=1S/C17H18BrClN2O3S/c1-10(2)21-25(23,24)13-5-7-16(19)14(9-13)17(22)20-12-4-6-15(18)11(3)8-12/h4-10,21H,1-3H3,(H,20,22). The summed E-state index contributed by atoms with van der Waals surface area (Å²) in [5.74, 6) is -0.478. The van der Waals surface area contributed by atoms with Crippen molar-refractivity contribution in [3.05, 3.63) is 57.0 Å². The predicted molar refractivity (Wildman–Crippen MR) is 104 cm³/mol. The first-order valence-corrected chi connectivity index (χ1v) is 10.1. The van der Waals surface area contributed by atoms with Gasteiger partial charge in [0.25, 0.3) is 5.91 Å². The molecule has 0 atom stereocenters. The summed E-state index contributed by atoms with van der Waals surface area (Å²) in [7, 11) is -3.71. The summed E-state index contributed by atoms with van der Waals surface area (Å²) in [4.78, 5) is 12.5. The van der Waals surface area contributed by atoms with Crippen LogP contribution in [0.1, 0.15) is 29.8 Å². The lowest BCUT2D eigenvalue weighted by Crippen LogP contribution is -2.30. The van der Waals surface area contributed by atoms with Gasteiger partial charge in [0.1, 0.15) is 0 Å². The lowest BCUT2D eigenvalue weighted by Gasteiger charge is -2.12. The van der Waals surface area contributed by atoms with Crippen LogP contribution >= 0.6 is 27.5 Å². The molecule has 0 saturated heterocycles. The van der Waals surface area contributed by atoms with Crippen molar-refractivity contribution in [1.29, 1.82) is 0 Å². The van der Waals surface area contributed by atoms with Crippen LogP contribution in [0.2, 0.25) is 5.02 Å². The minimum absolute atomic E-state index is 0.0114. The van der Waals surface area contributed by atoms with E-state index in [1.54, 1.807) is 26.0 Å². The van der Waals surface area contributed by atoms with Crippen LogP contribution in [0.15, 0.2) is 45.8 Å². The molecule has 2 aromatic carbocycles. The third kappa shape index (κ3) is 5.04. The average molecular weight is 446 g/mol. The highest BCUT2D eigenvalue weighted by Gasteiger charge is 2.19. The Labute approximate surface area is 161 Å². The van der Waals surface area contributed by atoms with Crippen LogP contribution in [0, 0.1) is 6.92 Å². The van der Waals surface area contributed by atoms with Crippen LogP contribution in [-0.4, -0.2) is 20.4 Å². The molecule has 134 valence electrons. The Morgan fingerprint density at radius 3 is 2.44 bits per heavy atom. The molecule has 1 amide bonds. The number of hydrogen-bond donors (Lipinski definition) is 2. The van der Waals surface area contributed by atoms with E-state index in [9.17, 15) is 13.2 Å². The smallest absolute Gasteiger partial charge is 0.257 e. The summed E-state index contributed by atoms with van der Waals surface area (Å²) in [5.41, 5.74) is 1.64. The largest absolute Gasteiger partial charge is 0.322 e. The number of benzene rings is 2. The molecule has 2 N–H and O–H groups in total. The van der Waals surface area contributed by atoms with Crippen molar-refractivity contribution in [3.8, 4) is 0 Å². The first kappa shape index (κ1) is 19.9. The molecule has 0 radical (unpaired) electrons. The topological polar surface area (TPSA) is 75.3 Å². The average Bonchev–Trinajstić information content (AvgIpc) is 2.49. The Kier molecular flexibility index (Phi) is 6.26. The maximum Gasteiger partial charge on any atom is 0.257 e. The summed E-state index contributed by atoms with van der Waals surface area (Å²) >= 11 is 9.48. The highest BCUT2D eigenvalue weighted by Crippen LogP contribution is 2.24. The highest BCUT2D eigenvalue weighted by atomic mass is 79.9. The van der Waals surface area contributed by atoms with Gasteiger partial charge in [-0.15, -0.1) is 0 Å². The molecular formula is C17H18BrClN2O3S. The highest BCUT2D eigenvalue weighted by molar-refractivity contribution is 9.10. The molecule has 8 heteroatoms. The van der Waals surface area contributed by atoms with Gasteiger partial charge in [0.15, 0.2) is 0 Å². The van der Waals surface area contributed by atoms with Gasteiger partial charge in [0, 0.05) is 16.2 Å². The maximum atomic E-state index is 12.5. The van der Waals surface area contributed by atoms with Gasteiger partial charge in [0.05, 0.1) is 15.5 Å². The fraction of sp³-hybridized carbons (Fsp3) is 0.235.